The number of carboxylic acid groups (broad SMARTS) is 1. The average Bonchev–Trinajstić information content (AvgIpc) is 2.38. The van der Waals surface area contributed by atoms with Gasteiger partial charge in [-0.15, -0.1) is 0 Å². The molecular weight excluding hydrogens is 271 g/mol. The van der Waals surface area contributed by atoms with Gasteiger partial charge in [-0.3, -0.25) is 9.59 Å². The van der Waals surface area contributed by atoms with E-state index in [1.807, 2.05) is 0 Å². The molecule has 0 aliphatic heterocycles. The zero-order chi connectivity index (χ0) is 14.4. The molecule has 1 aromatic carbocycles. The fraction of sp³-hybridized carbons (Fsp3) is 0.308. The van der Waals surface area contributed by atoms with Crippen molar-refractivity contribution in [3.8, 4) is 0 Å². The molecule has 0 aliphatic rings. The van der Waals surface area contributed by atoms with Crippen LogP contribution in [-0.4, -0.2) is 24.8 Å². The number of carbonyl (C=O) groups is 3. The topological polar surface area (TPSA) is 98.3 Å². The molecule has 0 heterocycles. The molecule has 0 atom stereocenters. The smallest absolute Gasteiger partial charge is 0.550 e. The zero-order valence-corrected chi connectivity index (χ0v) is 13.8. The second-order valence-electron chi connectivity index (χ2n) is 3.98. The summed E-state index contributed by atoms with van der Waals surface area (Å²) in [7, 11) is 1.52. The van der Waals surface area contributed by atoms with E-state index in [1.54, 1.807) is 25.1 Å². The van der Waals surface area contributed by atoms with Crippen LogP contribution >= 0.6 is 0 Å². The third kappa shape index (κ3) is 5.32. The maximum atomic E-state index is 11.6. The minimum Gasteiger partial charge on any atom is -0.550 e. The quantitative estimate of drug-likeness (QED) is 0.558. The molecule has 1 rings (SSSR count). The first kappa shape index (κ1) is 18.6. The standard InChI is InChI=1S/C13H16N2O4.Na/c1-8-9(13(19)14-2)4-3-5-10(8)15-11(16)6-7-12(17)18;/h3-5H,6-7H2,1-2H3,(H,14,19)(H,15,16)(H,17,18);/q;+1/p-1. The van der Waals surface area contributed by atoms with E-state index in [2.05, 4.69) is 10.6 Å². The number of hydrogen-bond acceptors (Lipinski definition) is 4. The van der Waals surface area contributed by atoms with E-state index in [0.717, 1.165) is 0 Å². The molecule has 0 aliphatic carbocycles. The van der Waals surface area contributed by atoms with Crippen LogP contribution in [0, 0.1) is 6.92 Å². The molecule has 1 aromatic rings. The van der Waals surface area contributed by atoms with Crippen LogP contribution in [0.15, 0.2) is 18.2 Å². The maximum Gasteiger partial charge on any atom is 1.00 e. The van der Waals surface area contributed by atoms with Crippen molar-refractivity contribution in [2.24, 2.45) is 0 Å². The Balaban J connectivity index is 0.00000361. The first-order valence-electron chi connectivity index (χ1n) is 5.77. The predicted octanol–water partition coefficient (Wildman–Crippen LogP) is -3.17. The predicted molar refractivity (Wildman–Crippen MR) is 67.4 cm³/mol. The molecule has 0 fully saturated rings. The Morgan fingerprint density at radius 2 is 1.85 bits per heavy atom. The van der Waals surface area contributed by atoms with Crippen LogP contribution in [0.3, 0.4) is 0 Å². The SMILES string of the molecule is CNC(=O)c1cccc(NC(=O)CCC(=O)[O-])c1C.[Na+]. The Morgan fingerprint density at radius 3 is 2.40 bits per heavy atom. The van der Waals surface area contributed by atoms with Gasteiger partial charge in [-0.25, -0.2) is 0 Å². The Labute approximate surface area is 139 Å². The van der Waals surface area contributed by atoms with Crippen molar-refractivity contribution in [3.63, 3.8) is 0 Å². The molecule has 6 nitrogen and oxygen atoms in total. The number of aliphatic carboxylic acids is 1. The molecule has 20 heavy (non-hydrogen) atoms. The van der Waals surface area contributed by atoms with Crippen LogP contribution in [0.25, 0.3) is 0 Å². The first-order chi connectivity index (χ1) is 8.95. The normalized spacial score (nSPS) is 9.30. The van der Waals surface area contributed by atoms with Crippen molar-refractivity contribution in [1.29, 1.82) is 0 Å². The van der Waals surface area contributed by atoms with Gasteiger partial charge in [0.15, 0.2) is 0 Å². The largest absolute Gasteiger partial charge is 1.00 e. The molecule has 2 amide bonds. The van der Waals surface area contributed by atoms with Gasteiger partial charge in [0, 0.05) is 30.7 Å². The van der Waals surface area contributed by atoms with E-state index >= 15 is 0 Å². The summed E-state index contributed by atoms with van der Waals surface area (Å²) in [6.07, 6.45) is -0.494. The number of anilines is 1. The summed E-state index contributed by atoms with van der Waals surface area (Å²) in [6, 6.07) is 4.94. The Bertz CT molecular complexity index is 517. The number of carboxylic acids is 1. The van der Waals surface area contributed by atoms with Crippen molar-refractivity contribution in [2.45, 2.75) is 19.8 Å². The van der Waals surface area contributed by atoms with Crippen LogP contribution < -0.4 is 45.3 Å². The summed E-state index contributed by atoms with van der Waals surface area (Å²) in [6.45, 7) is 1.71. The number of amides is 2. The van der Waals surface area contributed by atoms with E-state index in [1.165, 1.54) is 7.05 Å². The number of carbonyl (C=O) groups excluding carboxylic acids is 3. The number of hydrogen-bond donors (Lipinski definition) is 2. The molecule has 2 N–H and O–H groups in total. The van der Waals surface area contributed by atoms with Crippen molar-refractivity contribution in [3.05, 3.63) is 29.3 Å². The second-order valence-corrected chi connectivity index (χ2v) is 3.98. The Kier molecular flexibility index (Phi) is 8.13. The molecule has 0 saturated carbocycles. The van der Waals surface area contributed by atoms with E-state index in [-0.39, 0.29) is 48.3 Å². The van der Waals surface area contributed by atoms with Crippen LogP contribution in [0.2, 0.25) is 0 Å². The Hall–Kier alpha value is -1.37. The minimum absolute atomic E-state index is 0. The van der Waals surface area contributed by atoms with Gasteiger partial charge in [0.05, 0.1) is 0 Å². The van der Waals surface area contributed by atoms with Crippen molar-refractivity contribution >= 4 is 23.5 Å². The molecular formula is C13H15N2NaO4. The summed E-state index contributed by atoms with van der Waals surface area (Å²) in [4.78, 5) is 33.4. The summed E-state index contributed by atoms with van der Waals surface area (Å²) >= 11 is 0. The van der Waals surface area contributed by atoms with E-state index in [4.69, 9.17) is 0 Å². The van der Waals surface area contributed by atoms with E-state index < -0.39 is 11.9 Å². The minimum atomic E-state index is -1.27. The third-order valence-electron chi connectivity index (χ3n) is 2.64. The molecule has 7 heteroatoms. The van der Waals surface area contributed by atoms with Gasteiger partial charge in [-0.05, 0) is 31.0 Å². The van der Waals surface area contributed by atoms with Crippen molar-refractivity contribution < 1.29 is 49.0 Å². The molecule has 102 valence electrons. The average molecular weight is 286 g/mol. The number of benzene rings is 1. The van der Waals surface area contributed by atoms with Gasteiger partial charge >= 0.3 is 29.6 Å². The molecule has 0 bridgehead atoms. The van der Waals surface area contributed by atoms with Gasteiger partial charge in [-0.2, -0.15) is 0 Å². The van der Waals surface area contributed by atoms with Crippen LogP contribution in [0.1, 0.15) is 28.8 Å². The summed E-state index contributed by atoms with van der Waals surface area (Å²) in [5.41, 5.74) is 1.58. The monoisotopic (exact) mass is 286 g/mol. The molecule has 0 aromatic heterocycles. The molecule has 0 saturated heterocycles. The fourth-order valence-electron chi connectivity index (χ4n) is 1.58. The van der Waals surface area contributed by atoms with E-state index in [0.29, 0.717) is 16.8 Å². The summed E-state index contributed by atoms with van der Waals surface area (Å²) in [5, 5.41) is 15.3. The first-order valence-corrected chi connectivity index (χ1v) is 5.77. The fourth-order valence-corrected chi connectivity index (χ4v) is 1.58. The van der Waals surface area contributed by atoms with Crippen LogP contribution in [0.5, 0.6) is 0 Å². The molecule has 0 spiro atoms. The maximum absolute atomic E-state index is 11.6. The van der Waals surface area contributed by atoms with Crippen molar-refractivity contribution in [1.82, 2.24) is 5.32 Å². The van der Waals surface area contributed by atoms with E-state index in [9.17, 15) is 19.5 Å². The van der Waals surface area contributed by atoms with Crippen LogP contribution in [-0.2, 0) is 9.59 Å². The van der Waals surface area contributed by atoms with Gasteiger partial charge < -0.3 is 20.5 Å². The summed E-state index contributed by atoms with van der Waals surface area (Å²) in [5.74, 6) is -1.95. The zero-order valence-electron chi connectivity index (χ0n) is 11.8. The van der Waals surface area contributed by atoms with Gasteiger partial charge in [0.25, 0.3) is 5.91 Å². The van der Waals surface area contributed by atoms with Gasteiger partial charge in [-0.1, -0.05) is 6.07 Å². The number of rotatable bonds is 5. The Morgan fingerprint density at radius 1 is 1.20 bits per heavy atom. The molecule has 0 radical (unpaired) electrons. The van der Waals surface area contributed by atoms with Crippen molar-refractivity contribution in [2.75, 3.05) is 12.4 Å². The third-order valence-corrected chi connectivity index (χ3v) is 2.64. The van der Waals surface area contributed by atoms with Gasteiger partial charge in [0.2, 0.25) is 5.91 Å². The van der Waals surface area contributed by atoms with Gasteiger partial charge in [0.1, 0.15) is 0 Å². The molecule has 0 unspecified atom stereocenters. The second kappa shape index (κ2) is 8.73. The number of nitrogens with one attached hydrogen (secondary N) is 2. The summed E-state index contributed by atoms with van der Waals surface area (Å²) < 4.78 is 0. The van der Waals surface area contributed by atoms with Crippen LogP contribution in [0.4, 0.5) is 5.69 Å².